The van der Waals surface area contributed by atoms with Crippen LogP contribution in [0.5, 0.6) is 0 Å². The predicted molar refractivity (Wildman–Crippen MR) is 107 cm³/mol. The van der Waals surface area contributed by atoms with Crippen molar-refractivity contribution >= 4 is 17.8 Å². The minimum Gasteiger partial charge on any atom is -0.370 e. The van der Waals surface area contributed by atoms with Gasteiger partial charge in [0.2, 0.25) is 11.8 Å². The molecule has 0 spiro atoms. The molecule has 7 heteroatoms. The zero-order valence-electron chi connectivity index (χ0n) is 16.4. The number of carbonyl (C=O) groups is 2. The molecule has 1 aromatic carbocycles. The lowest BCUT2D eigenvalue weighted by Crippen LogP contribution is -2.49. The summed E-state index contributed by atoms with van der Waals surface area (Å²) in [6.07, 6.45) is 2.38. The van der Waals surface area contributed by atoms with Gasteiger partial charge in [0.25, 0.3) is 0 Å². The third-order valence-electron chi connectivity index (χ3n) is 4.87. The van der Waals surface area contributed by atoms with E-state index >= 15 is 0 Å². The molecule has 0 aliphatic carbocycles. The summed E-state index contributed by atoms with van der Waals surface area (Å²) in [5.74, 6) is 0.719. The fourth-order valence-corrected chi connectivity index (χ4v) is 3.49. The molecule has 1 aliphatic rings. The fourth-order valence-electron chi connectivity index (χ4n) is 3.49. The van der Waals surface area contributed by atoms with Crippen LogP contribution in [0.4, 0.5) is 0 Å². The first-order valence-electron chi connectivity index (χ1n) is 9.59. The van der Waals surface area contributed by atoms with Gasteiger partial charge in [-0.2, -0.15) is 0 Å². The highest BCUT2D eigenvalue weighted by molar-refractivity contribution is 5.86. The number of hydrogen-bond acceptors (Lipinski definition) is 3. The molecule has 0 aromatic heterocycles. The Morgan fingerprint density at radius 1 is 1.33 bits per heavy atom. The Labute approximate surface area is 161 Å². The fraction of sp³-hybridized carbons (Fsp3) is 0.550. The van der Waals surface area contributed by atoms with E-state index in [2.05, 4.69) is 15.2 Å². The molecule has 1 atom stereocenters. The number of hydrogen-bond donors (Lipinski definition) is 2. The predicted octanol–water partition coefficient (Wildman–Crippen LogP) is 1.20. The van der Waals surface area contributed by atoms with Crippen LogP contribution < -0.4 is 11.1 Å². The SMILES string of the molecule is CCN(Cc1ccccc1)C(=O)CNC(=NC)N1CCCC(CC(N)=O)C1. The first-order valence-corrected chi connectivity index (χ1v) is 9.59. The van der Waals surface area contributed by atoms with Crippen molar-refractivity contribution in [2.75, 3.05) is 33.2 Å². The zero-order valence-corrected chi connectivity index (χ0v) is 16.4. The number of aliphatic imine (C=N–C) groups is 1. The van der Waals surface area contributed by atoms with Gasteiger partial charge < -0.3 is 20.9 Å². The van der Waals surface area contributed by atoms with E-state index in [9.17, 15) is 9.59 Å². The first kappa shape index (κ1) is 20.7. The van der Waals surface area contributed by atoms with Gasteiger partial charge in [0, 0.05) is 39.6 Å². The molecule has 0 bridgehead atoms. The third kappa shape index (κ3) is 6.58. The van der Waals surface area contributed by atoms with Crippen molar-refractivity contribution in [1.82, 2.24) is 15.1 Å². The number of carbonyl (C=O) groups excluding carboxylic acids is 2. The Morgan fingerprint density at radius 3 is 2.70 bits per heavy atom. The second kappa shape index (κ2) is 10.5. The highest BCUT2D eigenvalue weighted by atomic mass is 16.2. The molecule has 27 heavy (non-hydrogen) atoms. The summed E-state index contributed by atoms with van der Waals surface area (Å²) in [7, 11) is 1.71. The van der Waals surface area contributed by atoms with Crippen molar-refractivity contribution in [3.8, 4) is 0 Å². The van der Waals surface area contributed by atoms with E-state index in [1.807, 2.05) is 42.2 Å². The van der Waals surface area contributed by atoms with E-state index in [1.165, 1.54) is 0 Å². The quantitative estimate of drug-likeness (QED) is 0.555. The lowest BCUT2D eigenvalue weighted by atomic mass is 9.95. The van der Waals surface area contributed by atoms with Gasteiger partial charge in [-0.1, -0.05) is 30.3 Å². The molecular weight excluding hydrogens is 342 g/mol. The van der Waals surface area contributed by atoms with Crippen LogP contribution in [0, 0.1) is 5.92 Å². The van der Waals surface area contributed by atoms with Crippen LogP contribution >= 0.6 is 0 Å². The number of nitrogens with one attached hydrogen (secondary N) is 1. The lowest BCUT2D eigenvalue weighted by molar-refractivity contribution is -0.130. The van der Waals surface area contributed by atoms with Crippen molar-refractivity contribution in [3.63, 3.8) is 0 Å². The molecule has 1 unspecified atom stereocenters. The largest absolute Gasteiger partial charge is 0.370 e. The highest BCUT2D eigenvalue weighted by Gasteiger charge is 2.24. The topological polar surface area (TPSA) is 91.0 Å². The van der Waals surface area contributed by atoms with E-state index in [0.717, 1.165) is 31.5 Å². The molecular formula is C20H31N5O2. The number of nitrogens with two attached hydrogens (primary N) is 1. The number of guanidine groups is 1. The Morgan fingerprint density at radius 2 is 2.07 bits per heavy atom. The molecule has 2 amide bonds. The average molecular weight is 374 g/mol. The number of benzene rings is 1. The van der Waals surface area contributed by atoms with Crippen LogP contribution in [0.1, 0.15) is 31.7 Å². The molecule has 0 radical (unpaired) electrons. The smallest absolute Gasteiger partial charge is 0.242 e. The third-order valence-corrected chi connectivity index (χ3v) is 4.87. The van der Waals surface area contributed by atoms with Crippen molar-refractivity contribution < 1.29 is 9.59 Å². The van der Waals surface area contributed by atoms with E-state index in [0.29, 0.717) is 25.5 Å². The molecule has 1 aliphatic heterocycles. The minimum atomic E-state index is -0.264. The second-order valence-corrected chi connectivity index (χ2v) is 6.92. The minimum absolute atomic E-state index is 0.0354. The molecule has 1 aromatic rings. The summed E-state index contributed by atoms with van der Waals surface area (Å²) in [4.78, 5) is 32.1. The Bertz CT molecular complexity index is 647. The van der Waals surface area contributed by atoms with Crippen molar-refractivity contribution in [3.05, 3.63) is 35.9 Å². The maximum atomic E-state index is 12.6. The molecule has 2 rings (SSSR count). The molecule has 3 N–H and O–H groups in total. The van der Waals surface area contributed by atoms with E-state index in [-0.39, 0.29) is 24.3 Å². The van der Waals surface area contributed by atoms with Gasteiger partial charge in [0.1, 0.15) is 0 Å². The molecule has 1 saturated heterocycles. The molecule has 1 heterocycles. The normalized spacial score (nSPS) is 17.5. The van der Waals surface area contributed by atoms with Gasteiger partial charge >= 0.3 is 0 Å². The summed E-state index contributed by atoms with van der Waals surface area (Å²) in [5, 5.41) is 3.18. The van der Waals surface area contributed by atoms with Gasteiger partial charge in [0.15, 0.2) is 5.96 Å². The van der Waals surface area contributed by atoms with Crippen LogP contribution in [0.15, 0.2) is 35.3 Å². The molecule has 148 valence electrons. The number of likely N-dealkylation sites (N-methyl/N-ethyl adjacent to an activating group) is 1. The highest BCUT2D eigenvalue weighted by Crippen LogP contribution is 2.19. The van der Waals surface area contributed by atoms with Crippen molar-refractivity contribution in [2.24, 2.45) is 16.6 Å². The summed E-state index contributed by atoms with van der Waals surface area (Å²) in [6.45, 7) is 5.03. The van der Waals surface area contributed by atoms with E-state index < -0.39 is 0 Å². The van der Waals surface area contributed by atoms with Gasteiger partial charge in [-0.05, 0) is 31.2 Å². The van der Waals surface area contributed by atoms with Crippen LogP contribution in [-0.2, 0) is 16.1 Å². The van der Waals surface area contributed by atoms with Crippen LogP contribution in [0.2, 0.25) is 0 Å². The van der Waals surface area contributed by atoms with Crippen LogP contribution in [-0.4, -0.2) is 60.8 Å². The van der Waals surface area contributed by atoms with Gasteiger partial charge in [-0.3, -0.25) is 14.6 Å². The summed E-state index contributed by atoms with van der Waals surface area (Å²) in [5.41, 5.74) is 6.45. The lowest BCUT2D eigenvalue weighted by Gasteiger charge is -2.34. The number of rotatable bonds is 7. The maximum absolute atomic E-state index is 12.6. The number of primary amides is 1. The summed E-state index contributed by atoms with van der Waals surface area (Å²) in [6, 6.07) is 9.97. The first-order chi connectivity index (χ1) is 13.0. The average Bonchev–Trinajstić information content (AvgIpc) is 2.67. The standard InChI is InChI=1S/C20H31N5O2/c1-3-24(14-16-8-5-4-6-9-16)19(27)13-23-20(22-2)25-11-7-10-17(15-25)12-18(21)26/h4-6,8-9,17H,3,7,10-15H2,1-2H3,(H2,21,26)(H,22,23). The van der Waals surface area contributed by atoms with Crippen molar-refractivity contribution in [1.29, 1.82) is 0 Å². The summed E-state index contributed by atoms with van der Waals surface area (Å²) < 4.78 is 0. The van der Waals surface area contributed by atoms with Crippen LogP contribution in [0.25, 0.3) is 0 Å². The van der Waals surface area contributed by atoms with Gasteiger partial charge in [-0.25, -0.2) is 0 Å². The van der Waals surface area contributed by atoms with Gasteiger partial charge in [-0.15, -0.1) is 0 Å². The molecule has 0 saturated carbocycles. The van der Waals surface area contributed by atoms with Crippen LogP contribution in [0.3, 0.4) is 0 Å². The Balaban J connectivity index is 1.88. The number of amides is 2. The van der Waals surface area contributed by atoms with E-state index in [1.54, 1.807) is 7.05 Å². The van der Waals surface area contributed by atoms with Crippen molar-refractivity contribution in [2.45, 2.75) is 32.7 Å². The monoisotopic (exact) mass is 373 g/mol. The zero-order chi connectivity index (χ0) is 19.6. The second-order valence-electron chi connectivity index (χ2n) is 6.92. The summed E-state index contributed by atoms with van der Waals surface area (Å²) >= 11 is 0. The molecule has 7 nitrogen and oxygen atoms in total. The number of nitrogens with zero attached hydrogens (tertiary/aromatic N) is 3. The molecule has 1 fully saturated rings. The number of likely N-dealkylation sites (tertiary alicyclic amines) is 1. The van der Waals surface area contributed by atoms with E-state index in [4.69, 9.17) is 5.73 Å². The Hall–Kier alpha value is -2.57. The Kier molecular flexibility index (Phi) is 8.10. The number of piperidine rings is 1. The van der Waals surface area contributed by atoms with Gasteiger partial charge in [0.05, 0.1) is 6.54 Å². The maximum Gasteiger partial charge on any atom is 0.242 e.